The Kier molecular flexibility index (Phi) is 2.88. The zero-order chi connectivity index (χ0) is 13.5. The van der Waals surface area contributed by atoms with E-state index in [0.717, 1.165) is 0 Å². The minimum absolute atomic E-state index is 0.253. The lowest BCUT2D eigenvalue weighted by Crippen LogP contribution is -2.23. The first-order valence-corrected chi connectivity index (χ1v) is 6.59. The molecule has 18 heavy (non-hydrogen) atoms. The maximum Gasteiger partial charge on any atom is 0.243 e. The lowest BCUT2D eigenvalue weighted by atomic mass is 10.2. The van der Waals surface area contributed by atoms with Crippen molar-refractivity contribution in [1.82, 2.24) is 4.57 Å². The molecule has 0 bridgehead atoms. The van der Waals surface area contributed by atoms with Gasteiger partial charge in [-0.25, -0.2) is 13.6 Å². The Morgan fingerprint density at radius 1 is 1.33 bits per heavy atom. The molecule has 1 heterocycles. The lowest BCUT2D eigenvalue weighted by Gasteiger charge is -2.09. The van der Waals surface area contributed by atoms with Crippen LogP contribution in [0.3, 0.4) is 0 Å². The fourth-order valence-electron chi connectivity index (χ4n) is 1.77. The predicted molar refractivity (Wildman–Crippen MR) is 67.1 cm³/mol. The molecule has 1 aromatic carbocycles. The van der Waals surface area contributed by atoms with E-state index in [1.54, 1.807) is 19.2 Å². The fourth-order valence-corrected chi connectivity index (χ4v) is 2.44. The van der Waals surface area contributed by atoms with Crippen LogP contribution >= 0.6 is 0 Å². The maximum absolute atomic E-state index is 12.1. The van der Waals surface area contributed by atoms with Crippen molar-refractivity contribution in [3.05, 3.63) is 34.6 Å². The summed E-state index contributed by atoms with van der Waals surface area (Å²) in [6, 6.07) is 4.87. The number of ether oxygens (including phenoxy) is 1. The molecule has 0 saturated carbocycles. The first kappa shape index (κ1) is 12.6. The molecule has 0 aliphatic rings. The van der Waals surface area contributed by atoms with Crippen LogP contribution in [0.4, 0.5) is 0 Å². The third-order valence-corrected chi connectivity index (χ3v) is 3.57. The summed E-state index contributed by atoms with van der Waals surface area (Å²) in [5.74, 6) is 0.478. The summed E-state index contributed by atoms with van der Waals surface area (Å²) < 4.78 is 29.2. The van der Waals surface area contributed by atoms with Gasteiger partial charge >= 0.3 is 0 Å². The average Bonchev–Trinajstić information content (AvgIpc) is 2.31. The summed E-state index contributed by atoms with van der Waals surface area (Å²) in [5.41, 5.74) is -0.0160. The molecule has 2 N–H and O–H groups in total. The van der Waals surface area contributed by atoms with Crippen LogP contribution in [0.2, 0.25) is 0 Å². The Morgan fingerprint density at radius 3 is 2.56 bits per heavy atom. The number of primary sulfonamides is 1. The second-order valence-corrected chi connectivity index (χ2v) is 5.39. The Morgan fingerprint density at radius 2 is 2.00 bits per heavy atom. The highest BCUT2D eigenvalue weighted by Gasteiger charge is 2.16. The third kappa shape index (κ3) is 1.98. The molecule has 96 valence electrons. The topological polar surface area (TPSA) is 91.4 Å². The molecule has 0 spiro atoms. The van der Waals surface area contributed by atoms with Gasteiger partial charge in [0.05, 0.1) is 18.0 Å². The molecule has 6 nitrogen and oxygen atoms in total. The van der Waals surface area contributed by atoms with Gasteiger partial charge in [-0.2, -0.15) is 0 Å². The number of nitrogens with two attached hydrogens (primary N) is 1. The van der Waals surface area contributed by atoms with E-state index in [0.29, 0.717) is 11.3 Å². The molecule has 1 aromatic heterocycles. The molecule has 2 rings (SSSR count). The van der Waals surface area contributed by atoms with E-state index in [-0.39, 0.29) is 5.39 Å². The molecule has 0 amide bonds. The van der Waals surface area contributed by atoms with E-state index in [2.05, 4.69) is 0 Å². The van der Waals surface area contributed by atoms with Gasteiger partial charge in [0.25, 0.3) is 0 Å². The fraction of sp³-hybridized carbons (Fsp3) is 0.182. The van der Waals surface area contributed by atoms with E-state index in [4.69, 9.17) is 9.88 Å². The van der Waals surface area contributed by atoms with Crippen LogP contribution in [-0.4, -0.2) is 20.1 Å². The van der Waals surface area contributed by atoms with Gasteiger partial charge in [0.15, 0.2) is 0 Å². The zero-order valence-electron chi connectivity index (χ0n) is 9.88. The van der Waals surface area contributed by atoms with Crippen molar-refractivity contribution in [1.29, 1.82) is 0 Å². The summed E-state index contributed by atoms with van der Waals surface area (Å²) in [5, 5.41) is 5.27. The van der Waals surface area contributed by atoms with Crippen molar-refractivity contribution in [2.24, 2.45) is 12.2 Å². The van der Waals surface area contributed by atoms with Crippen LogP contribution in [0.1, 0.15) is 0 Å². The lowest BCUT2D eigenvalue weighted by molar-refractivity contribution is 0.415. The molecule has 7 heteroatoms. The van der Waals surface area contributed by atoms with Crippen molar-refractivity contribution in [3.8, 4) is 5.75 Å². The van der Waals surface area contributed by atoms with Gasteiger partial charge in [0, 0.05) is 13.2 Å². The Labute approximate surface area is 104 Å². The number of fused-ring (bicyclic) bond motifs is 1. The molecule has 0 saturated heterocycles. The van der Waals surface area contributed by atoms with Crippen LogP contribution in [0, 0.1) is 0 Å². The highest BCUT2D eigenvalue weighted by molar-refractivity contribution is 7.89. The number of rotatable bonds is 2. The van der Waals surface area contributed by atoms with Crippen LogP contribution in [0.25, 0.3) is 10.9 Å². The summed E-state index contributed by atoms with van der Waals surface area (Å²) in [6.45, 7) is 0. The first-order valence-electron chi connectivity index (χ1n) is 5.05. The van der Waals surface area contributed by atoms with Gasteiger partial charge in [-0.1, -0.05) is 0 Å². The third-order valence-electron chi connectivity index (χ3n) is 2.67. The van der Waals surface area contributed by atoms with Crippen molar-refractivity contribution < 1.29 is 13.2 Å². The molecule has 0 aliphatic carbocycles. The van der Waals surface area contributed by atoms with E-state index < -0.39 is 20.3 Å². The second kappa shape index (κ2) is 4.11. The Bertz CT molecular complexity index is 777. The van der Waals surface area contributed by atoms with E-state index in [9.17, 15) is 13.2 Å². The number of hydrogen-bond donors (Lipinski definition) is 1. The number of nitrogens with zero attached hydrogens (tertiary/aromatic N) is 1. The largest absolute Gasteiger partial charge is 0.497 e. The summed E-state index contributed by atoms with van der Waals surface area (Å²) in [4.78, 5) is 11.6. The SMILES string of the molecule is COc1ccc2c(c1)c(=O)c(S(N)(=O)=O)cn2C. The number of aromatic nitrogens is 1. The van der Waals surface area contributed by atoms with Crippen molar-refractivity contribution in [2.75, 3.05) is 7.11 Å². The van der Waals surface area contributed by atoms with Gasteiger partial charge in [0.2, 0.25) is 15.5 Å². The summed E-state index contributed by atoms with van der Waals surface area (Å²) in [6.07, 6.45) is 1.21. The normalized spacial score (nSPS) is 11.7. The van der Waals surface area contributed by atoms with Gasteiger partial charge in [-0.3, -0.25) is 4.79 Å². The van der Waals surface area contributed by atoms with Crippen molar-refractivity contribution in [3.63, 3.8) is 0 Å². The molecule has 2 aromatic rings. The molecule has 0 aliphatic heterocycles. The highest BCUT2D eigenvalue weighted by atomic mass is 32.2. The molecular weight excluding hydrogens is 256 g/mol. The Hall–Kier alpha value is -1.86. The average molecular weight is 268 g/mol. The minimum atomic E-state index is -4.04. The first-order chi connectivity index (χ1) is 8.34. The Balaban J connectivity index is 2.97. The van der Waals surface area contributed by atoms with Gasteiger partial charge < -0.3 is 9.30 Å². The number of pyridine rings is 1. The molecule has 0 unspecified atom stereocenters. The standard InChI is InChI=1S/C11H12N2O4S/c1-13-6-10(18(12,15)16)11(14)8-5-7(17-2)3-4-9(8)13/h3-6H,1-2H3,(H2,12,15,16). The number of hydrogen-bond acceptors (Lipinski definition) is 4. The monoisotopic (exact) mass is 268 g/mol. The predicted octanol–water partition coefficient (Wildman–Crippen LogP) is 0.195. The zero-order valence-corrected chi connectivity index (χ0v) is 10.7. The van der Waals surface area contributed by atoms with Gasteiger partial charge in [-0.15, -0.1) is 0 Å². The summed E-state index contributed by atoms with van der Waals surface area (Å²) >= 11 is 0. The molecule has 0 fully saturated rings. The van der Waals surface area contributed by atoms with Crippen molar-refractivity contribution in [2.45, 2.75) is 4.90 Å². The smallest absolute Gasteiger partial charge is 0.243 e. The van der Waals surface area contributed by atoms with Crippen LogP contribution < -0.4 is 15.3 Å². The van der Waals surface area contributed by atoms with E-state index in [1.807, 2.05) is 0 Å². The minimum Gasteiger partial charge on any atom is -0.497 e. The van der Waals surface area contributed by atoms with E-state index >= 15 is 0 Å². The quantitative estimate of drug-likeness (QED) is 0.842. The van der Waals surface area contributed by atoms with Crippen LogP contribution in [0.15, 0.2) is 34.1 Å². The molecule has 0 atom stereocenters. The van der Waals surface area contributed by atoms with Gasteiger partial charge in [0.1, 0.15) is 10.6 Å². The van der Waals surface area contributed by atoms with Gasteiger partial charge in [-0.05, 0) is 18.2 Å². The number of methoxy groups -OCH3 is 1. The molecular formula is C11H12N2O4S. The highest BCUT2D eigenvalue weighted by Crippen LogP contribution is 2.19. The number of benzene rings is 1. The van der Waals surface area contributed by atoms with Crippen molar-refractivity contribution >= 4 is 20.9 Å². The van der Waals surface area contributed by atoms with E-state index in [1.165, 1.54) is 23.9 Å². The van der Waals surface area contributed by atoms with Crippen LogP contribution in [0.5, 0.6) is 5.75 Å². The maximum atomic E-state index is 12.1. The molecule has 0 radical (unpaired) electrons. The summed E-state index contributed by atoms with van der Waals surface area (Å²) in [7, 11) is -0.932. The number of aryl methyl sites for hydroxylation is 1. The number of sulfonamides is 1. The second-order valence-electron chi connectivity index (χ2n) is 3.86. The van der Waals surface area contributed by atoms with Crippen LogP contribution in [-0.2, 0) is 17.1 Å².